The Morgan fingerprint density at radius 1 is 1.19 bits per heavy atom. The van der Waals surface area contributed by atoms with Gasteiger partial charge in [-0.2, -0.15) is 13.2 Å². The third-order valence-electron chi connectivity index (χ3n) is 2.48. The fourth-order valence-electron chi connectivity index (χ4n) is 1.49. The Morgan fingerprint density at radius 3 is 2.38 bits per heavy atom. The molecular formula is C11H13ClF3N. The minimum atomic E-state index is -4.25. The summed E-state index contributed by atoms with van der Waals surface area (Å²) < 4.78 is 37.7. The van der Waals surface area contributed by atoms with E-state index in [0.717, 1.165) is 18.9 Å². The van der Waals surface area contributed by atoms with Crippen molar-refractivity contribution in [1.82, 2.24) is 5.32 Å². The second-order valence-electron chi connectivity index (χ2n) is 3.81. The molecule has 1 aromatic carbocycles. The van der Waals surface area contributed by atoms with Crippen molar-refractivity contribution in [1.29, 1.82) is 0 Å². The maximum Gasteiger partial charge on any atom is 0.416 e. The van der Waals surface area contributed by atoms with Crippen LogP contribution in [0.3, 0.4) is 0 Å². The molecule has 0 amide bonds. The quantitative estimate of drug-likeness (QED) is 0.868. The van der Waals surface area contributed by atoms with Gasteiger partial charge in [0, 0.05) is 12.6 Å². The van der Waals surface area contributed by atoms with E-state index in [1.165, 1.54) is 12.1 Å². The zero-order chi connectivity index (χ0) is 10.9. The zero-order valence-corrected chi connectivity index (χ0v) is 9.37. The van der Waals surface area contributed by atoms with Crippen LogP contribution in [0.2, 0.25) is 0 Å². The van der Waals surface area contributed by atoms with Gasteiger partial charge in [0.05, 0.1) is 5.56 Å². The van der Waals surface area contributed by atoms with E-state index in [4.69, 9.17) is 0 Å². The summed E-state index contributed by atoms with van der Waals surface area (Å²) in [6, 6.07) is 6.14. The Morgan fingerprint density at radius 2 is 1.81 bits per heavy atom. The first kappa shape index (κ1) is 13.3. The minimum Gasteiger partial charge on any atom is -0.310 e. The Kier molecular flexibility index (Phi) is 4.21. The molecule has 0 unspecified atom stereocenters. The maximum absolute atomic E-state index is 12.6. The third kappa shape index (κ3) is 3.39. The lowest BCUT2D eigenvalue weighted by molar-refractivity contribution is -0.138. The van der Waals surface area contributed by atoms with Crippen LogP contribution in [0.25, 0.3) is 0 Å². The number of rotatable bonds is 3. The topological polar surface area (TPSA) is 12.0 Å². The van der Waals surface area contributed by atoms with Crippen molar-refractivity contribution < 1.29 is 13.2 Å². The summed E-state index contributed by atoms with van der Waals surface area (Å²) in [5, 5.41) is 3.09. The molecule has 1 aromatic rings. The highest BCUT2D eigenvalue weighted by atomic mass is 35.5. The van der Waals surface area contributed by atoms with Crippen LogP contribution in [0.15, 0.2) is 24.3 Å². The van der Waals surface area contributed by atoms with Crippen LogP contribution < -0.4 is 5.32 Å². The Balaban J connectivity index is 0.00000128. The summed E-state index contributed by atoms with van der Waals surface area (Å²) in [5.74, 6) is 0. The number of halogens is 4. The lowest BCUT2D eigenvalue weighted by atomic mass is 10.1. The molecule has 0 atom stereocenters. The SMILES string of the molecule is Cl.FC(F)(F)c1ccccc1CNC1CC1. The van der Waals surface area contributed by atoms with Crippen LogP contribution in [-0.2, 0) is 12.7 Å². The molecule has 1 saturated carbocycles. The second kappa shape index (κ2) is 5.06. The van der Waals surface area contributed by atoms with Gasteiger partial charge in [-0.05, 0) is 24.5 Å². The van der Waals surface area contributed by atoms with Gasteiger partial charge in [0.2, 0.25) is 0 Å². The molecule has 5 heteroatoms. The van der Waals surface area contributed by atoms with E-state index >= 15 is 0 Å². The van der Waals surface area contributed by atoms with Gasteiger partial charge in [0.15, 0.2) is 0 Å². The fraction of sp³-hybridized carbons (Fsp3) is 0.455. The molecule has 90 valence electrons. The Hall–Kier alpha value is -0.740. The van der Waals surface area contributed by atoms with Gasteiger partial charge in [-0.3, -0.25) is 0 Å². The Labute approximate surface area is 98.4 Å². The summed E-state index contributed by atoms with van der Waals surface area (Å²) in [5.41, 5.74) is -0.199. The molecule has 1 nitrogen and oxygen atoms in total. The first-order chi connectivity index (χ1) is 7.07. The summed E-state index contributed by atoms with van der Waals surface area (Å²) >= 11 is 0. The van der Waals surface area contributed by atoms with Crippen LogP contribution in [0, 0.1) is 0 Å². The van der Waals surface area contributed by atoms with E-state index in [0.29, 0.717) is 18.2 Å². The van der Waals surface area contributed by atoms with Crippen LogP contribution in [0.1, 0.15) is 24.0 Å². The largest absolute Gasteiger partial charge is 0.416 e. The first-order valence-corrected chi connectivity index (χ1v) is 4.96. The molecule has 1 N–H and O–H groups in total. The van der Waals surface area contributed by atoms with E-state index < -0.39 is 11.7 Å². The summed E-state index contributed by atoms with van der Waals surface area (Å²) in [6.07, 6.45) is -2.09. The Bertz CT molecular complexity index is 347. The fourth-order valence-corrected chi connectivity index (χ4v) is 1.49. The average Bonchev–Trinajstić information content (AvgIpc) is 2.97. The summed E-state index contributed by atoms with van der Waals surface area (Å²) in [7, 11) is 0. The van der Waals surface area contributed by atoms with Gasteiger partial charge in [0.1, 0.15) is 0 Å². The molecule has 0 radical (unpaired) electrons. The standard InChI is InChI=1S/C11H12F3N.ClH/c12-11(13,14)10-4-2-1-3-8(10)7-15-9-5-6-9;/h1-4,9,15H,5-7H2;1H. The van der Waals surface area contributed by atoms with Gasteiger partial charge < -0.3 is 5.32 Å². The zero-order valence-electron chi connectivity index (χ0n) is 8.55. The van der Waals surface area contributed by atoms with E-state index in [-0.39, 0.29) is 12.4 Å². The molecule has 2 rings (SSSR count). The van der Waals surface area contributed by atoms with Crippen molar-refractivity contribution in [3.63, 3.8) is 0 Å². The third-order valence-corrected chi connectivity index (χ3v) is 2.48. The number of hydrogen-bond donors (Lipinski definition) is 1. The molecule has 1 aliphatic rings. The monoisotopic (exact) mass is 251 g/mol. The van der Waals surface area contributed by atoms with Crippen molar-refractivity contribution in [3.8, 4) is 0 Å². The maximum atomic E-state index is 12.6. The van der Waals surface area contributed by atoms with Crippen LogP contribution >= 0.6 is 12.4 Å². The average molecular weight is 252 g/mol. The second-order valence-corrected chi connectivity index (χ2v) is 3.81. The van der Waals surface area contributed by atoms with Gasteiger partial charge in [0.25, 0.3) is 0 Å². The predicted octanol–water partition coefficient (Wildman–Crippen LogP) is 3.38. The number of benzene rings is 1. The number of hydrogen-bond acceptors (Lipinski definition) is 1. The smallest absolute Gasteiger partial charge is 0.310 e. The van der Waals surface area contributed by atoms with Gasteiger partial charge in [-0.1, -0.05) is 18.2 Å². The van der Waals surface area contributed by atoms with Crippen LogP contribution in [-0.4, -0.2) is 6.04 Å². The molecule has 16 heavy (non-hydrogen) atoms. The highest BCUT2D eigenvalue weighted by Gasteiger charge is 2.33. The van der Waals surface area contributed by atoms with Gasteiger partial charge in [-0.15, -0.1) is 12.4 Å². The van der Waals surface area contributed by atoms with E-state index in [9.17, 15) is 13.2 Å². The molecule has 0 aliphatic heterocycles. The van der Waals surface area contributed by atoms with Crippen molar-refractivity contribution in [2.75, 3.05) is 0 Å². The minimum absolute atomic E-state index is 0. The lowest BCUT2D eigenvalue weighted by Gasteiger charge is -2.12. The van der Waals surface area contributed by atoms with Crippen molar-refractivity contribution in [2.45, 2.75) is 31.6 Å². The van der Waals surface area contributed by atoms with E-state index in [1.54, 1.807) is 6.07 Å². The first-order valence-electron chi connectivity index (χ1n) is 4.96. The molecule has 0 spiro atoms. The van der Waals surface area contributed by atoms with Crippen LogP contribution in [0.4, 0.5) is 13.2 Å². The molecular weight excluding hydrogens is 239 g/mol. The molecule has 1 fully saturated rings. The number of alkyl halides is 3. The van der Waals surface area contributed by atoms with Crippen molar-refractivity contribution >= 4 is 12.4 Å². The molecule has 0 heterocycles. The van der Waals surface area contributed by atoms with Crippen molar-refractivity contribution in [2.24, 2.45) is 0 Å². The van der Waals surface area contributed by atoms with Crippen molar-refractivity contribution in [3.05, 3.63) is 35.4 Å². The normalized spacial score (nSPS) is 15.7. The molecule has 1 aliphatic carbocycles. The van der Waals surface area contributed by atoms with Gasteiger partial charge >= 0.3 is 6.18 Å². The van der Waals surface area contributed by atoms with E-state index in [1.807, 2.05) is 0 Å². The molecule has 0 aromatic heterocycles. The number of nitrogens with one attached hydrogen (secondary N) is 1. The van der Waals surface area contributed by atoms with E-state index in [2.05, 4.69) is 5.32 Å². The lowest BCUT2D eigenvalue weighted by Crippen LogP contribution is -2.19. The summed E-state index contributed by atoms with van der Waals surface area (Å²) in [6.45, 7) is 0.306. The predicted molar refractivity (Wildman–Crippen MR) is 58.6 cm³/mol. The van der Waals surface area contributed by atoms with Crippen LogP contribution in [0.5, 0.6) is 0 Å². The molecule has 0 saturated heterocycles. The highest BCUT2D eigenvalue weighted by Crippen LogP contribution is 2.32. The summed E-state index contributed by atoms with van der Waals surface area (Å²) in [4.78, 5) is 0. The van der Waals surface area contributed by atoms with Gasteiger partial charge in [-0.25, -0.2) is 0 Å². The molecule has 0 bridgehead atoms. The highest BCUT2D eigenvalue weighted by molar-refractivity contribution is 5.85.